The van der Waals surface area contributed by atoms with Gasteiger partial charge in [-0.1, -0.05) is 48.5 Å². The molecule has 2 aromatic heterocycles. The molecule has 0 spiro atoms. The van der Waals surface area contributed by atoms with Crippen LogP contribution in [0.4, 0.5) is 5.82 Å². The number of anilines is 1. The Morgan fingerprint density at radius 1 is 0.920 bits per heavy atom. The van der Waals surface area contributed by atoms with Gasteiger partial charge in [0.15, 0.2) is 5.82 Å². The lowest BCUT2D eigenvalue weighted by atomic mass is 10.1. The molecule has 0 radical (unpaired) electrons. The molecule has 0 amide bonds. The Hall–Kier alpha value is -2.76. The first kappa shape index (κ1) is 15.7. The highest BCUT2D eigenvalue weighted by Gasteiger charge is 2.12. The van der Waals surface area contributed by atoms with Crippen molar-refractivity contribution in [1.82, 2.24) is 9.97 Å². The lowest BCUT2D eigenvalue weighted by Gasteiger charge is -2.14. The molecular weight excluding hydrogens is 330 g/mol. The Kier molecular flexibility index (Phi) is 4.41. The van der Waals surface area contributed by atoms with Gasteiger partial charge in [0, 0.05) is 11.9 Å². The quantitative estimate of drug-likeness (QED) is 0.558. The second-order valence-corrected chi connectivity index (χ2v) is 6.65. The van der Waals surface area contributed by atoms with Gasteiger partial charge >= 0.3 is 0 Å². The summed E-state index contributed by atoms with van der Waals surface area (Å²) in [5.41, 5.74) is 1.77. The number of benzene rings is 2. The maximum absolute atomic E-state index is 10.4. The number of para-hydroxylation sites is 1. The summed E-state index contributed by atoms with van der Waals surface area (Å²) >= 11 is 1.61. The summed E-state index contributed by atoms with van der Waals surface area (Å²) in [6.45, 7) is 0.384. The largest absolute Gasteiger partial charge is 0.387 e. The van der Waals surface area contributed by atoms with Crippen molar-refractivity contribution in [3.05, 3.63) is 77.7 Å². The van der Waals surface area contributed by atoms with Crippen LogP contribution in [0.1, 0.15) is 11.7 Å². The molecule has 0 saturated carbocycles. The summed E-state index contributed by atoms with van der Waals surface area (Å²) in [7, 11) is 0. The normalized spacial score (nSPS) is 12.2. The van der Waals surface area contributed by atoms with Crippen molar-refractivity contribution in [2.45, 2.75) is 6.10 Å². The summed E-state index contributed by atoms with van der Waals surface area (Å²) in [5, 5.41) is 16.7. The maximum atomic E-state index is 10.4. The van der Waals surface area contributed by atoms with Crippen LogP contribution in [0.25, 0.3) is 21.6 Å². The molecule has 4 rings (SSSR count). The van der Waals surface area contributed by atoms with Crippen LogP contribution in [0.5, 0.6) is 0 Å². The van der Waals surface area contributed by atoms with Crippen LogP contribution in [0, 0.1) is 0 Å². The van der Waals surface area contributed by atoms with E-state index in [1.807, 2.05) is 72.1 Å². The minimum absolute atomic E-state index is 0.384. The van der Waals surface area contributed by atoms with E-state index >= 15 is 0 Å². The first-order valence-corrected chi connectivity index (χ1v) is 8.97. The van der Waals surface area contributed by atoms with Gasteiger partial charge in [0.1, 0.15) is 5.82 Å². The topological polar surface area (TPSA) is 58.0 Å². The summed E-state index contributed by atoms with van der Waals surface area (Å²) < 4.78 is 0. The van der Waals surface area contributed by atoms with E-state index in [1.165, 1.54) is 0 Å². The number of nitrogens with zero attached hydrogens (tertiary/aromatic N) is 2. The zero-order chi connectivity index (χ0) is 17.1. The van der Waals surface area contributed by atoms with E-state index in [0.717, 1.165) is 27.2 Å². The minimum Gasteiger partial charge on any atom is -0.387 e. The van der Waals surface area contributed by atoms with Crippen molar-refractivity contribution in [3.8, 4) is 10.7 Å². The Morgan fingerprint density at radius 2 is 1.72 bits per heavy atom. The van der Waals surface area contributed by atoms with Gasteiger partial charge in [0.25, 0.3) is 0 Å². The third-order valence-corrected chi connectivity index (χ3v) is 4.86. The second-order valence-electron chi connectivity index (χ2n) is 5.70. The lowest BCUT2D eigenvalue weighted by Crippen LogP contribution is -2.13. The average molecular weight is 347 g/mol. The van der Waals surface area contributed by atoms with Crippen molar-refractivity contribution < 1.29 is 5.11 Å². The van der Waals surface area contributed by atoms with Gasteiger partial charge in [0.05, 0.1) is 16.5 Å². The predicted octanol–water partition coefficient (Wildman–Crippen LogP) is 4.50. The van der Waals surface area contributed by atoms with E-state index < -0.39 is 6.10 Å². The number of aliphatic hydroxyl groups is 1. The standard InChI is InChI=1S/C20H17N3OS/c24-17(14-7-2-1-3-8-14)13-21-19-15-9-4-5-10-16(15)22-20(23-19)18-11-6-12-25-18/h1-12,17,24H,13H2,(H,21,22,23). The van der Waals surface area contributed by atoms with E-state index in [0.29, 0.717) is 12.4 Å². The summed E-state index contributed by atoms with van der Waals surface area (Å²) in [6, 6.07) is 21.5. The van der Waals surface area contributed by atoms with Crippen LogP contribution in [-0.4, -0.2) is 21.6 Å². The highest BCUT2D eigenvalue weighted by atomic mass is 32.1. The van der Waals surface area contributed by atoms with Crippen molar-refractivity contribution in [3.63, 3.8) is 0 Å². The second kappa shape index (κ2) is 7.01. The van der Waals surface area contributed by atoms with Crippen LogP contribution < -0.4 is 5.32 Å². The number of hydrogen-bond acceptors (Lipinski definition) is 5. The molecule has 0 aliphatic rings. The number of nitrogens with one attached hydrogen (secondary N) is 1. The number of rotatable bonds is 5. The van der Waals surface area contributed by atoms with E-state index in [2.05, 4.69) is 15.3 Å². The first-order valence-electron chi connectivity index (χ1n) is 8.09. The van der Waals surface area contributed by atoms with Gasteiger partial charge in [0.2, 0.25) is 0 Å². The van der Waals surface area contributed by atoms with Gasteiger partial charge in [-0.15, -0.1) is 11.3 Å². The third-order valence-electron chi connectivity index (χ3n) is 3.99. The summed E-state index contributed by atoms with van der Waals surface area (Å²) in [6.07, 6.45) is -0.597. The van der Waals surface area contributed by atoms with E-state index in [9.17, 15) is 5.11 Å². The fourth-order valence-corrected chi connectivity index (χ4v) is 3.37. The summed E-state index contributed by atoms with van der Waals surface area (Å²) in [5.74, 6) is 1.44. The van der Waals surface area contributed by atoms with Crippen LogP contribution in [0.2, 0.25) is 0 Å². The smallest absolute Gasteiger partial charge is 0.172 e. The molecule has 2 heterocycles. The molecule has 2 aromatic carbocycles. The van der Waals surface area contributed by atoms with Crippen molar-refractivity contribution in [1.29, 1.82) is 0 Å². The molecule has 5 heteroatoms. The van der Waals surface area contributed by atoms with Crippen molar-refractivity contribution in [2.24, 2.45) is 0 Å². The zero-order valence-corrected chi connectivity index (χ0v) is 14.3. The predicted molar refractivity (Wildman–Crippen MR) is 103 cm³/mol. The average Bonchev–Trinajstić information content (AvgIpc) is 3.21. The molecule has 0 fully saturated rings. The number of fused-ring (bicyclic) bond motifs is 1. The molecule has 25 heavy (non-hydrogen) atoms. The van der Waals surface area contributed by atoms with Crippen molar-refractivity contribution >= 4 is 28.1 Å². The monoisotopic (exact) mass is 347 g/mol. The SMILES string of the molecule is OC(CNc1nc(-c2cccs2)nc2ccccc12)c1ccccc1. The molecule has 4 aromatic rings. The Bertz CT molecular complexity index is 971. The molecule has 0 aliphatic carbocycles. The molecule has 0 saturated heterocycles. The minimum atomic E-state index is -0.597. The first-order chi connectivity index (χ1) is 12.3. The molecule has 124 valence electrons. The van der Waals surface area contributed by atoms with Crippen LogP contribution >= 0.6 is 11.3 Å². The number of hydrogen-bond donors (Lipinski definition) is 2. The zero-order valence-electron chi connectivity index (χ0n) is 13.5. The maximum Gasteiger partial charge on any atom is 0.172 e. The highest BCUT2D eigenvalue weighted by molar-refractivity contribution is 7.13. The highest BCUT2D eigenvalue weighted by Crippen LogP contribution is 2.27. The Balaban J connectivity index is 1.66. The molecule has 1 unspecified atom stereocenters. The Labute approximate surface area is 149 Å². The number of thiophene rings is 1. The fourth-order valence-electron chi connectivity index (χ4n) is 2.71. The number of aromatic nitrogens is 2. The van der Waals surface area contributed by atoms with Gasteiger partial charge in [-0.05, 0) is 29.1 Å². The molecule has 4 nitrogen and oxygen atoms in total. The Morgan fingerprint density at radius 3 is 2.52 bits per heavy atom. The van der Waals surface area contributed by atoms with Crippen LogP contribution in [-0.2, 0) is 0 Å². The summed E-state index contributed by atoms with van der Waals surface area (Å²) in [4.78, 5) is 10.4. The van der Waals surface area contributed by atoms with Gasteiger partial charge in [-0.2, -0.15) is 0 Å². The van der Waals surface area contributed by atoms with Gasteiger partial charge < -0.3 is 10.4 Å². The third kappa shape index (κ3) is 3.38. The fraction of sp³-hybridized carbons (Fsp3) is 0.100. The molecule has 1 atom stereocenters. The van der Waals surface area contributed by atoms with E-state index in [4.69, 9.17) is 0 Å². The van der Waals surface area contributed by atoms with Gasteiger partial charge in [-0.25, -0.2) is 9.97 Å². The lowest BCUT2D eigenvalue weighted by molar-refractivity contribution is 0.191. The molecule has 2 N–H and O–H groups in total. The van der Waals surface area contributed by atoms with Crippen LogP contribution in [0.15, 0.2) is 72.1 Å². The molecule has 0 bridgehead atoms. The molecule has 0 aliphatic heterocycles. The van der Waals surface area contributed by atoms with Crippen LogP contribution in [0.3, 0.4) is 0 Å². The number of aliphatic hydroxyl groups excluding tert-OH is 1. The molecular formula is C20H17N3OS. The van der Waals surface area contributed by atoms with Crippen molar-refractivity contribution in [2.75, 3.05) is 11.9 Å². The van der Waals surface area contributed by atoms with Gasteiger partial charge in [-0.3, -0.25) is 0 Å². The van der Waals surface area contributed by atoms with E-state index in [-0.39, 0.29) is 0 Å². The van der Waals surface area contributed by atoms with E-state index in [1.54, 1.807) is 11.3 Å².